The van der Waals surface area contributed by atoms with E-state index in [4.69, 9.17) is 0 Å². The molecule has 0 heterocycles. The molecule has 0 aromatic carbocycles. The Bertz CT molecular complexity index is 207. The summed E-state index contributed by atoms with van der Waals surface area (Å²) in [6.45, 7) is 6.59. The highest BCUT2D eigenvalue weighted by Crippen LogP contribution is 2.23. The van der Waals surface area contributed by atoms with Gasteiger partial charge >= 0.3 is 0 Å². The predicted molar refractivity (Wildman–Crippen MR) is 68.3 cm³/mol. The number of carbonyl (C=O) groups is 1. The lowest BCUT2D eigenvalue weighted by molar-refractivity contribution is -0.126. The Morgan fingerprint density at radius 2 is 1.75 bits per heavy atom. The van der Waals surface area contributed by atoms with Gasteiger partial charge < -0.3 is 5.32 Å². The Hall–Kier alpha value is -0.530. The largest absolute Gasteiger partial charge is 0.353 e. The Morgan fingerprint density at radius 3 is 2.31 bits per heavy atom. The first-order valence-electron chi connectivity index (χ1n) is 6.90. The molecule has 0 aliphatic heterocycles. The van der Waals surface area contributed by atoms with Crippen molar-refractivity contribution in [2.45, 2.75) is 71.8 Å². The van der Waals surface area contributed by atoms with Gasteiger partial charge in [0, 0.05) is 12.0 Å². The standard InChI is InChI=1S/C14H27NO/c1-11(2)9-10-12(3)15-14(16)13-7-5-4-6-8-13/h11-13H,4-10H2,1-3H3,(H,15,16). The molecule has 16 heavy (non-hydrogen) atoms. The molecule has 1 unspecified atom stereocenters. The average Bonchev–Trinajstić information content (AvgIpc) is 2.27. The van der Waals surface area contributed by atoms with E-state index in [0.717, 1.165) is 25.2 Å². The van der Waals surface area contributed by atoms with Gasteiger partial charge in [0.15, 0.2) is 0 Å². The summed E-state index contributed by atoms with van der Waals surface area (Å²) in [5.41, 5.74) is 0. The zero-order chi connectivity index (χ0) is 12.0. The molecular weight excluding hydrogens is 198 g/mol. The van der Waals surface area contributed by atoms with Gasteiger partial charge in [0.25, 0.3) is 0 Å². The Labute approximate surface area is 100 Å². The second kappa shape index (κ2) is 6.93. The maximum Gasteiger partial charge on any atom is 0.223 e. The summed E-state index contributed by atoms with van der Waals surface area (Å²) < 4.78 is 0. The number of amides is 1. The van der Waals surface area contributed by atoms with E-state index >= 15 is 0 Å². The fourth-order valence-corrected chi connectivity index (χ4v) is 2.38. The molecule has 0 bridgehead atoms. The SMILES string of the molecule is CC(C)CCC(C)NC(=O)C1CCCCC1. The van der Waals surface area contributed by atoms with Crippen molar-refractivity contribution in [3.8, 4) is 0 Å². The predicted octanol–water partition coefficient (Wildman–Crippen LogP) is 3.51. The summed E-state index contributed by atoms with van der Waals surface area (Å²) >= 11 is 0. The number of hydrogen-bond acceptors (Lipinski definition) is 1. The van der Waals surface area contributed by atoms with E-state index < -0.39 is 0 Å². The van der Waals surface area contributed by atoms with Crippen LogP contribution < -0.4 is 5.32 Å². The van der Waals surface area contributed by atoms with Gasteiger partial charge in [-0.3, -0.25) is 4.79 Å². The van der Waals surface area contributed by atoms with Crippen LogP contribution in [0.1, 0.15) is 65.7 Å². The van der Waals surface area contributed by atoms with Crippen LogP contribution in [0.3, 0.4) is 0 Å². The monoisotopic (exact) mass is 225 g/mol. The van der Waals surface area contributed by atoms with E-state index in [1.807, 2.05) is 0 Å². The van der Waals surface area contributed by atoms with Gasteiger partial charge in [-0.05, 0) is 38.5 Å². The van der Waals surface area contributed by atoms with Gasteiger partial charge in [0.2, 0.25) is 5.91 Å². The van der Waals surface area contributed by atoms with Crippen LogP contribution in [0.15, 0.2) is 0 Å². The molecular formula is C14H27NO. The van der Waals surface area contributed by atoms with Crippen LogP contribution in [-0.4, -0.2) is 11.9 Å². The molecule has 2 heteroatoms. The molecule has 1 aliphatic rings. The molecule has 0 saturated heterocycles. The Kier molecular flexibility index (Phi) is 5.86. The van der Waals surface area contributed by atoms with Crippen molar-refractivity contribution in [1.29, 1.82) is 0 Å². The maximum atomic E-state index is 11.9. The lowest BCUT2D eigenvalue weighted by Crippen LogP contribution is -2.38. The number of hydrogen-bond donors (Lipinski definition) is 1. The summed E-state index contributed by atoms with van der Waals surface area (Å²) in [4.78, 5) is 11.9. The number of rotatable bonds is 5. The highest BCUT2D eigenvalue weighted by molar-refractivity contribution is 5.78. The summed E-state index contributed by atoms with van der Waals surface area (Å²) in [6.07, 6.45) is 8.29. The minimum absolute atomic E-state index is 0.301. The fraction of sp³-hybridized carbons (Fsp3) is 0.929. The third-order valence-corrected chi connectivity index (χ3v) is 3.54. The minimum atomic E-state index is 0.301. The highest BCUT2D eigenvalue weighted by atomic mass is 16.1. The van der Waals surface area contributed by atoms with Gasteiger partial charge in [-0.25, -0.2) is 0 Å². The van der Waals surface area contributed by atoms with E-state index in [0.29, 0.717) is 17.9 Å². The van der Waals surface area contributed by atoms with Crippen LogP contribution in [0.25, 0.3) is 0 Å². The lowest BCUT2D eigenvalue weighted by atomic mass is 9.88. The molecule has 94 valence electrons. The first-order valence-corrected chi connectivity index (χ1v) is 6.90. The quantitative estimate of drug-likeness (QED) is 0.762. The first-order chi connectivity index (χ1) is 7.59. The van der Waals surface area contributed by atoms with E-state index in [1.165, 1.54) is 25.7 Å². The van der Waals surface area contributed by atoms with Crippen LogP contribution in [0.4, 0.5) is 0 Å². The molecule has 1 saturated carbocycles. The molecule has 1 N–H and O–H groups in total. The maximum absolute atomic E-state index is 11.9. The van der Waals surface area contributed by atoms with E-state index in [2.05, 4.69) is 26.1 Å². The van der Waals surface area contributed by atoms with E-state index in [1.54, 1.807) is 0 Å². The van der Waals surface area contributed by atoms with Gasteiger partial charge in [-0.1, -0.05) is 33.1 Å². The van der Waals surface area contributed by atoms with Gasteiger partial charge in [0.1, 0.15) is 0 Å². The van der Waals surface area contributed by atoms with Crippen LogP contribution in [0.5, 0.6) is 0 Å². The van der Waals surface area contributed by atoms with E-state index in [9.17, 15) is 4.79 Å². The molecule has 1 aliphatic carbocycles. The summed E-state index contributed by atoms with van der Waals surface area (Å²) in [7, 11) is 0. The molecule has 1 amide bonds. The molecule has 0 aromatic rings. The number of carbonyl (C=O) groups excluding carboxylic acids is 1. The zero-order valence-electron chi connectivity index (χ0n) is 11.1. The normalized spacial score (nSPS) is 19.8. The third kappa shape index (κ3) is 5.00. The van der Waals surface area contributed by atoms with Gasteiger partial charge in [-0.2, -0.15) is 0 Å². The highest BCUT2D eigenvalue weighted by Gasteiger charge is 2.21. The van der Waals surface area contributed by atoms with Crippen LogP contribution in [0, 0.1) is 11.8 Å². The molecule has 1 fully saturated rings. The van der Waals surface area contributed by atoms with Gasteiger partial charge in [0.05, 0.1) is 0 Å². The van der Waals surface area contributed by atoms with Crippen LogP contribution in [-0.2, 0) is 4.79 Å². The molecule has 1 rings (SSSR count). The molecule has 0 aromatic heterocycles. The minimum Gasteiger partial charge on any atom is -0.353 e. The molecule has 1 atom stereocenters. The smallest absolute Gasteiger partial charge is 0.223 e. The summed E-state index contributed by atoms with van der Waals surface area (Å²) in [6, 6.07) is 0.344. The van der Waals surface area contributed by atoms with Crippen molar-refractivity contribution >= 4 is 5.91 Å². The Morgan fingerprint density at radius 1 is 1.12 bits per heavy atom. The van der Waals surface area contributed by atoms with Crippen molar-refractivity contribution < 1.29 is 4.79 Å². The van der Waals surface area contributed by atoms with Crippen molar-refractivity contribution in [3.63, 3.8) is 0 Å². The second-order valence-electron chi connectivity index (χ2n) is 5.72. The number of nitrogens with one attached hydrogen (secondary N) is 1. The topological polar surface area (TPSA) is 29.1 Å². The summed E-state index contributed by atoms with van der Waals surface area (Å²) in [5, 5.41) is 3.17. The van der Waals surface area contributed by atoms with Crippen LogP contribution in [0.2, 0.25) is 0 Å². The fourth-order valence-electron chi connectivity index (χ4n) is 2.38. The molecule has 2 nitrogen and oxygen atoms in total. The second-order valence-corrected chi connectivity index (χ2v) is 5.72. The Balaban J connectivity index is 2.21. The van der Waals surface area contributed by atoms with Crippen molar-refractivity contribution in [2.75, 3.05) is 0 Å². The van der Waals surface area contributed by atoms with Crippen molar-refractivity contribution in [3.05, 3.63) is 0 Å². The van der Waals surface area contributed by atoms with Gasteiger partial charge in [-0.15, -0.1) is 0 Å². The molecule has 0 spiro atoms. The van der Waals surface area contributed by atoms with E-state index in [-0.39, 0.29) is 0 Å². The van der Waals surface area contributed by atoms with Crippen molar-refractivity contribution in [2.24, 2.45) is 11.8 Å². The van der Waals surface area contributed by atoms with Crippen molar-refractivity contribution in [1.82, 2.24) is 5.32 Å². The zero-order valence-corrected chi connectivity index (χ0v) is 11.1. The molecule has 0 radical (unpaired) electrons. The van der Waals surface area contributed by atoms with Crippen LogP contribution >= 0.6 is 0 Å². The third-order valence-electron chi connectivity index (χ3n) is 3.54. The summed E-state index contributed by atoms with van der Waals surface area (Å²) in [5.74, 6) is 1.33. The first kappa shape index (κ1) is 13.5. The average molecular weight is 225 g/mol. The lowest BCUT2D eigenvalue weighted by Gasteiger charge is -2.23.